The fourth-order valence-electron chi connectivity index (χ4n) is 1.57. The number of benzene rings is 1. The van der Waals surface area contributed by atoms with E-state index in [1.165, 1.54) is 25.4 Å². The number of carbonyl (C=O) groups excluding carboxylic acids is 1. The molecule has 1 amide bonds. The molecule has 5 nitrogen and oxygen atoms in total. The molecular formula is C13H12FN3O2. The molecule has 0 atom stereocenters. The van der Waals surface area contributed by atoms with Crippen LogP contribution in [0.2, 0.25) is 0 Å². The number of ether oxygens (including phenoxy) is 1. The smallest absolute Gasteiger partial charge is 0.258 e. The van der Waals surface area contributed by atoms with Gasteiger partial charge in [0.2, 0.25) is 0 Å². The van der Waals surface area contributed by atoms with Crippen LogP contribution in [0, 0.1) is 5.82 Å². The zero-order valence-corrected chi connectivity index (χ0v) is 10.2. The summed E-state index contributed by atoms with van der Waals surface area (Å²) in [6, 6.07) is 6.09. The molecule has 6 heteroatoms. The molecule has 0 bridgehead atoms. The summed E-state index contributed by atoms with van der Waals surface area (Å²) in [5.41, 5.74) is 6.38. The zero-order chi connectivity index (χ0) is 13.8. The standard InChI is InChI=1S/C13H12FN3O2/c1-19-12-3-2-8(15)6-11(12)17-13(18)9-4-5-16-7-10(9)14/h2-7H,15H2,1H3,(H,17,18). The molecule has 2 rings (SSSR count). The fourth-order valence-corrected chi connectivity index (χ4v) is 1.57. The lowest BCUT2D eigenvalue weighted by molar-refractivity contribution is 0.102. The van der Waals surface area contributed by atoms with E-state index in [0.29, 0.717) is 17.1 Å². The van der Waals surface area contributed by atoms with Gasteiger partial charge in [0.15, 0.2) is 5.82 Å². The minimum atomic E-state index is -0.692. The minimum Gasteiger partial charge on any atom is -0.495 e. The Kier molecular flexibility index (Phi) is 3.61. The highest BCUT2D eigenvalue weighted by Crippen LogP contribution is 2.27. The van der Waals surface area contributed by atoms with Crippen molar-refractivity contribution in [2.24, 2.45) is 0 Å². The van der Waals surface area contributed by atoms with Gasteiger partial charge in [-0.15, -0.1) is 0 Å². The quantitative estimate of drug-likeness (QED) is 0.829. The van der Waals surface area contributed by atoms with Crippen LogP contribution in [0.1, 0.15) is 10.4 Å². The Morgan fingerprint density at radius 3 is 2.89 bits per heavy atom. The number of anilines is 2. The van der Waals surface area contributed by atoms with Crippen LogP contribution in [0.5, 0.6) is 5.75 Å². The number of methoxy groups -OCH3 is 1. The van der Waals surface area contributed by atoms with E-state index in [1.54, 1.807) is 12.1 Å². The minimum absolute atomic E-state index is 0.0977. The molecule has 0 unspecified atom stereocenters. The lowest BCUT2D eigenvalue weighted by Gasteiger charge is -2.11. The van der Waals surface area contributed by atoms with Crippen LogP contribution >= 0.6 is 0 Å². The molecule has 2 aromatic rings. The highest BCUT2D eigenvalue weighted by atomic mass is 19.1. The lowest BCUT2D eigenvalue weighted by Crippen LogP contribution is -2.14. The Bertz CT molecular complexity index is 617. The Labute approximate surface area is 109 Å². The molecule has 0 spiro atoms. The molecule has 1 aromatic heterocycles. The summed E-state index contributed by atoms with van der Waals surface area (Å²) in [5.74, 6) is -0.844. The second-order valence-corrected chi connectivity index (χ2v) is 3.77. The van der Waals surface area contributed by atoms with Crippen molar-refractivity contribution in [2.75, 3.05) is 18.2 Å². The molecule has 0 radical (unpaired) electrons. The first-order valence-corrected chi connectivity index (χ1v) is 5.46. The summed E-state index contributed by atoms with van der Waals surface area (Å²) in [6.07, 6.45) is 2.32. The molecule has 0 aliphatic rings. The summed E-state index contributed by atoms with van der Waals surface area (Å²) in [7, 11) is 1.47. The first kappa shape index (κ1) is 12.8. The zero-order valence-electron chi connectivity index (χ0n) is 10.2. The average Bonchev–Trinajstić information content (AvgIpc) is 2.39. The predicted molar refractivity (Wildman–Crippen MR) is 69.6 cm³/mol. The number of hydrogen-bond donors (Lipinski definition) is 2. The highest BCUT2D eigenvalue weighted by Gasteiger charge is 2.13. The van der Waals surface area contributed by atoms with Gasteiger partial charge in [-0.1, -0.05) is 0 Å². The number of pyridine rings is 1. The van der Waals surface area contributed by atoms with E-state index >= 15 is 0 Å². The van der Waals surface area contributed by atoms with Gasteiger partial charge in [-0.25, -0.2) is 4.39 Å². The number of halogens is 1. The van der Waals surface area contributed by atoms with Crippen LogP contribution in [-0.4, -0.2) is 18.0 Å². The van der Waals surface area contributed by atoms with Crippen LogP contribution in [0.3, 0.4) is 0 Å². The van der Waals surface area contributed by atoms with Crippen molar-refractivity contribution >= 4 is 17.3 Å². The summed E-state index contributed by atoms with van der Waals surface area (Å²) in [6.45, 7) is 0. The maximum atomic E-state index is 13.4. The van der Waals surface area contributed by atoms with Gasteiger partial charge in [0.05, 0.1) is 24.6 Å². The van der Waals surface area contributed by atoms with Gasteiger partial charge in [-0.3, -0.25) is 9.78 Å². The molecule has 3 N–H and O–H groups in total. The number of nitrogens with zero attached hydrogens (tertiary/aromatic N) is 1. The number of hydrogen-bond acceptors (Lipinski definition) is 4. The number of carbonyl (C=O) groups is 1. The molecule has 0 saturated heterocycles. The van der Waals surface area contributed by atoms with E-state index in [1.807, 2.05) is 0 Å². The van der Waals surface area contributed by atoms with Crippen molar-refractivity contribution in [2.45, 2.75) is 0 Å². The highest BCUT2D eigenvalue weighted by molar-refractivity contribution is 6.05. The van der Waals surface area contributed by atoms with Crippen LogP contribution in [-0.2, 0) is 0 Å². The largest absolute Gasteiger partial charge is 0.495 e. The Morgan fingerprint density at radius 2 is 2.21 bits per heavy atom. The van der Waals surface area contributed by atoms with E-state index in [9.17, 15) is 9.18 Å². The normalized spacial score (nSPS) is 10.0. The SMILES string of the molecule is COc1ccc(N)cc1NC(=O)c1ccncc1F. The van der Waals surface area contributed by atoms with Gasteiger partial charge in [-0.05, 0) is 24.3 Å². The molecule has 0 saturated carbocycles. The average molecular weight is 261 g/mol. The Hall–Kier alpha value is -2.63. The third-order valence-electron chi connectivity index (χ3n) is 2.49. The molecular weight excluding hydrogens is 249 g/mol. The van der Waals surface area contributed by atoms with Crippen molar-refractivity contribution < 1.29 is 13.9 Å². The topological polar surface area (TPSA) is 77.2 Å². The molecule has 0 aliphatic carbocycles. The number of nitrogens with two attached hydrogens (primary N) is 1. The second kappa shape index (κ2) is 5.34. The van der Waals surface area contributed by atoms with Crippen LogP contribution < -0.4 is 15.8 Å². The molecule has 19 heavy (non-hydrogen) atoms. The molecule has 1 heterocycles. The van der Waals surface area contributed by atoms with E-state index in [-0.39, 0.29) is 5.56 Å². The van der Waals surface area contributed by atoms with Crippen molar-refractivity contribution in [3.63, 3.8) is 0 Å². The van der Waals surface area contributed by atoms with Crippen LogP contribution in [0.15, 0.2) is 36.7 Å². The molecule has 98 valence electrons. The Balaban J connectivity index is 2.29. The van der Waals surface area contributed by atoms with Crippen molar-refractivity contribution in [3.05, 3.63) is 48.0 Å². The van der Waals surface area contributed by atoms with E-state index in [4.69, 9.17) is 10.5 Å². The van der Waals surface area contributed by atoms with Gasteiger partial charge < -0.3 is 15.8 Å². The summed E-state index contributed by atoms with van der Waals surface area (Å²) in [4.78, 5) is 15.5. The summed E-state index contributed by atoms with van der Waals surface area (Å²) in [5, 5.41) is 2.55. The van der Waals surface area contributed by atoms with E-state index in [2.05, 4.69) is 10.3 Å². The lowest BCUT2D eigenvalue weighted by atomic mass is 10.2. The number of amides is 1. The van der Waals surface area contributed by atoms with E-state index < -0.39 is 11.7 Å². The maximum absolute atomic E-state index is 13.4. The van der Waals surface area contributed by atoms with Crippen molar-refractivity contribution in [1.29, 1.82) is 0 Å². The van der Waals surface area contributed by atoms with Gasteiger partial charge in [0, 0.05) is 11.9 Å². The number of aromatic nitrogens is 1. The number of rotatable bonds is 3. The molecule has 0 aliphatic heterocycles. The summed E-state index contributed by atoms with van der Waals surface area (Å²) >= 11 is 0. The van der Waals surface area contributed by atoms with Crippen molar-refractivity contribution in [3.8, 4) is 5.75 Å². The van der Waals surface area contributed by atoms with Gasteiger partial charge in [-0.2, -0.15) is 0 Å². The fraction of sp³-hybridized carbons (Fsp3) is 0.0769. The number of nitrogens with one attached hydrogen (secondary N) is 1. The van der Waals surface area contributed by atoms with Crippen LogP contribution in [0.25, 0.3) is 0 Å². The summed E-state index contributed by atoms with van der Waals surface area (Å²) < 4.78 is 18.5. The number of nitrogen functional groups attached to an aromatic ring is 1. The molecule has 1 aromatic carbocycles. The van der Waals surface area contributed by atoms with Crippen LogP contribution in [0.4, 0.5) is 15.8 Å². The van der Waals surface area contributed by atoms with Crippen molar-refractivity contribution in [1.82, 2.24) is 4.98 Å². The van der Waals surface area contributed by atoms with Gasteiger partial charge in [0.25, 0.3) is 5.91 Å². The maximum Gasteiger partial charge on any atom is 0.258 e. The third-order valence-corrected chi connectivity index (χ3v) is 2.49. The monoisotopic (exact) mass is 261 g/mol. The van der Waals surface area contributed by atoms with Gasteiger partial charge in [0.1, 0.15) is 5.75 Å². The third kappa shape index (κ3) is 2.79. The second-order valence-electron chi connectivity index (χ2n) is 3.77. The first-order valence-electron chi connectivity index (χ1n) is 5.46. The van der Waals surface area contributed by atoms with Gasteiger partial charge >= 0.3 is 0 Å². The predicted octanol–water partition coefficient (Wildman–Crippen LogP) is 2.06. The molecule has 0 fully saturated rings. The first-order chi connectivity index (χ1) is 9.11. The Morgan fingerprint density at radius 1 is 1.42 bits per heavy atom. The van der Waals surface area contributed by atoms with E-state index in [0.717, 1.165) is 6.20 Å².